The molecule has 0 unspecified atom stereocenters. The van der Waals surface area contributed by atoms with Crippen molar-refractivity contribution in [3.63, 3.8) is 0 Å². The molecule has 6 nitrogen and oxygen atoms in total. The minimum absolute atomic E-state index is 0.0856. The predicted molar refractivity (Wildman–Crippen MR) is 80.2 cm³/mol. The fourth-order valence-electron chi connectivity index (χ4n) is 3.06. The second-order valence-corrected chi connectivity index (χ2v) is 5.92. The Morgan fingerprint density at radius 1 is 1.09 bits per heavy atom. The van der Waals surface area contributed by atoms with Crippen molar-refractivity contribution in [2.45, 2.75) is 37.8 Å². The van der Waals surface area contributed by atoms with Crippen molar-refractivity contribution in [3.8, 4) is 0 Å². The number of carbonyl (C=O) groups is 3. The molecule has 6 heteroatoms. The Morgan fingerprint density at radius 2 is 1.64 bits per heavy atom. The molecule has 1 aliphatic heterocycles. The van der Waals surface area contributed by atoms with E-state index >= 15 is 0 Å². The van der Waals surface area contributed by atoms with Crippen LogP contribution in [0.15, 0.2) is 24.3 Å². The third kappa shape index (κ3) is 2.74. The largest absolute Gasteiger partial charge is 0.352 e. The van der Waals surface area contributed by atoms with Gasteiger partial charge in [0.15, 0.2) is 0 Å². The van der Waals surface area contributed by atoms with Crippen LogP contribution in [0.3, 0.4) is 0 Å². The molecular weight excluding hydrogens is 282 g/mol. The van der Waals surface area contributed by atoms with Crippen LogP contribution in [-0.4, -0.2) is 41.2 Å². The molecule has 0 bridgehead atoms. The molecular formula is C16H19N3O3. The summed E-state index contributed by atoms with van der Waals surface area (Å²) < 4.78 is 0. The van der Waals surface area contributed by atoms with Crippen molar-refractivity contribution in [3.05, 3.63) is 35.4 Å². The van der Waals surface area contributed by atoms with Crippen molar-refractivity contribution in [1.29, 1.82) is 0 Å². The smallest absolute Gasteiger partial charge is 0.262 e. The molecule has 1 fully saturated rings. The highest BCUT2D eigenvalue weighted by Gasteiger charge is 2.36. The van der Waals surface area contributed by atoms with E-state index < -0.39 is 11.8 Å². The molecule has 1 aromatic carbocycles. The standard InChI is InChI=1S/C16H19N3O3/c17-10-5-7-11(8-6-10)18-14(20)9-19-15(21)12-3-1-2-4-13(12)16(19)22/h1-4,10-11H,5-9,17H2,(H,18,20). The van der Waals surface area contributed by atoms with Gasteiger partial charge in [-0.25, -0.2) is 0 Å². The number of rotatable bonds is 3. The fourth-order valence-corrected chi connectivity index (χ4v) is 3.06. The molecule has 0 aromatic heterocycles. The maximum Gasteiger partial charge on any atom is 0.262 e. The lowest BCUT2D eigenvalue weighted by Crippen LogP contribution is -2.46. The highest BCUT2D eigenvalue weighted by molar-refractivity contribution is 6.22. The van der Waals surface area contributed by atoms with Crippen LogP contribution in [0.2, 0.25) is 0 Å². The Hall–Kier alpha value is -2.21. The Bertz CT molecular complexity index is 586. The Balaban J connectivity index is 1.61. The lowest BCUT2D eigenvalue weighted by molar-refractivity contribution is -0.122. The number of amides is 3. The van der Waals surface area contributed by atoms with Crippen LogP contribution in [0.1, 0.15) is 46.4 Å². The lowest BCUT2D eigenvalue weighted by atomic mass is 9.92. The van der Waals surface area contributed by atoms with Gasteiger partial charge in [0, 0.05) is 12.1 Å². The van der Waals surface area contributed by atoms with E-state index in [-0.39, 0.29) is 24.5 Å². The summed E-state index contributed by atoms with van der Waals surface area (Å²) in [6.45, 7) is -0.227. The zero-order valence-electron chi connectivity index (χ0n) is 12.2. The number of hydrogen-bond acceptors (Lipinski definition) is 4. The normalized spacial score (nSPS) is 24.3. The monoisotopic (exact) mass is 301 g/mol. The molecule has 1 aliphatic carbocycles. The maximum absolute atomic E-state index is 12.2. The number of imide groups is 1. The van der Waals surface area contributed by atoms with Crippen LogP contribution < -0.4 is 11.1 Å². The van der Waals surface area contributed by atoms with Gasteiger partial charge in [0.25, 0.3) is 11.8 Å². The van der Waals surface area contributed by atoms with Crippen LogP contribution in [0.4, 0.5) is 0 Å². The van der Waals surface area contributed by atoms with Crippen molar-refractivity contribution in [2.24, 2.45) is 5.73 Å². The number of hydrogen-bond donors (Lipinski definition) is 2. The fraction of sp³-hybridized carbons (Fsp3) is 0.438. The van der Waals surface area contributed by atoms with Crippen LogP contribution in [-0.2, 0) is 4.79 Å². The van der Waals surface area contributed by atoms with Gasteiger partial charge >= 0.3 is 0 Å². The summed E-state index contributed by atoms with van der Waals surface area (Å²) in [4.78, 5) is 37.5. The summed E-state index contributed by atoms with van der Waals surface area (Å²) >= 11 is 0. The Morgan fingerprint density at radius 3 is 2.18 bits per heavy atom. The molecule has 2 aliphatic rings. The third-order valence-corrected chi connectivity index (χ3v) is 4.32. The molecule has 1 heterocycles. The number of carbonyl (C=O) groups excluding carboxylic acids is 3. The average molecular weight is 301 g/mol. The zero-order valence-corrected chi connectivity index (χ0v) is 12.2. The van der Waals surface area contributed by atoms with E-state index in [1.807, 2.05) is 0 Å². The second kappa shape index (κ2) is 5.88. The van der Waals surface area contributed by atoms with Gasteiger partial charge in [-0.15, -0.1) is 0 Å². The number of nitrogens with zero attached hydrogens (tertiary/aromatic N) is 1. The molecule has 116 valence electrons. The topological polar surface area (TPSA) is 92.5 Å². The number of benzene rings is 1. The Labute approximate surface area is 128 Å². The summed E-state index contributed by atoms with van der Waals surface area (Å²) in [7, 11) is 0. The molecule has 0 radical (unpaired) electrons. The van der Waals surface area contributed by atoms with Gasteiger partial charge in [0.1, 0.15) is 6.54 Å². The van der Waals surface area contributed by atoms with Gasteiger partial charge in [-0.2, -0.15) is 0 Å². The molecule has 0 saturated heterocycles. The predicted octanol–water partition coefficient (Wildman–Crippen LogP) is 0.669. The first-order chi connectivity index (χ1) is 10.6. The second-order valence-electron chi connectivity index (χ2n) is 5.92. The van der Waals surface area contributed by atoms with E-state index in [9.17, 15) is 14.4 Å². The highest BCUT2D eigenvalue weighted by atomic mass is 16.2. The Kier molecular flexibility index (Phi) is 3.94. The van der Waals surface area contributed by atoms with Gasteiger partial charge in [0.05, 0.1) is 11.1 Å². The highest BCUT2D eigenvalue weighted by Crippen LogP contribution is 2.22. The van der Waals surface area contributed by atoms with Gasteiger partial charge in [-0.05, 0) is 37.8 Å². The third-order valence-electron chi connectivity index (χ3n) is 4.32. The molecule has 0 atom stereocenters. The number of fused-ring (bicyclic) bond motifs is 1. The minimum Gasteiger partial charge on any atom is -0.352 e. The lowest BCUT2D eigenvalue weighted by Gasteiger charge is -2.27. The van der Waals surface area contributed by atoms with E-state index in [0.717, 1.165) is 30.6 Å². The van der Waals surface area contributed by atoms with E-state index in [2.05, 4.69) is 5.32 Å². The average Bonchev–Trinajstić information content (AvgIpc) is 2.75. The molecule has 1 aromatic rings. The van der Waals surface area contributed by atoms with Crippen molar-refractivity contribution in [1.82, 2.24) is 10.2 Å². The molecule has 0 spiro atoms. The first kappa shape index (κ1) is 14.7. The van der Waals surface area contributed by atoms with E-state index in [0.29, 0.717) is 11.1 Å². The van der Waals surface area contributed by atoms with Gasteiger partial charge < -0.3 is 11.1 Å². The van der Waals surface area contributed by atoms with Gasteiger partial charge in [0.2, 0.25) is 5.91 Å². The summed E-state index contributed by atoms with van der Waals surface area (Å²) in [6.07, 6.45) is 3.46. The van der Waals surface area contributed by atoms with Crippen molar-refractivity contribution >= 4 is 17.7 Å². The van der Waals surface area contributed by atoms with Crippen LogP contribution in [0.25, 0.3) is 0 Å². The summed E-state index contributed by atoms with van der Waals surface area (Å²) in [5.74, 6) is -1.10. The van der Waals surface area contributed by atoms with Gasteiger partial charge in [-0.1, -0.05) is 12.1 Å². The number of nitrogens with one attached hydrogen (secondary N) is 1. The van der Waals surface area contributed by atoms with Gasteiger partial charge in [-0.3, -0.25) is 19.3 Å². The molecule has 22 heavy (non-hydrogen) atoms. The number of nitrogens with two attached hydrogens (primary N) is 1. The van der Waals surface area contributed by atoms with E-state index in [1.165, 1.54) is 0 Å². The molecule has 1 saturated carbocycles. The molecule has 3 rings (SSSR count). The quantitative estimate of drug-likeness (QED) is 0.803. The molecule has 3 N–H and O–H groups in total. The van der Waals surface area contributed by atoms with Crippen LogP contribution >= 0.6 is 0 Å². The SMILES string of the molecule is NC1CCC(NC(=O)CN2C(=O)c3ccccc3C2=O)CC1. The van der Waals surface area contributed by atoms with Crippen LogP contribution in [0, 0.1) is 0 Å². The van der Waals surface area contributed by atoms with Crippen molar-refractivity contribution in [2.75, 3.05) is 6.54 Å². The summed E-state index contributed by atoms with van der Waals surface area (Å²) in [5.41, 5.74) is 6.56. The van der Waals surface area contributed by atoms with Crippen LogP contribution in [0.5, 0.6) is 0 Å². The summed E-state index contributed by atoms with van der Waals surface area (Å²) in [5, 5.41) is 2.89. The summed E-state index contributed by atoms with van der Waals surface area (Å²) in [6, 6.07) is 6.93. The minimum atomic E-state index is -0.401. The first-order valence-electron chi connectivity index (χ1n) is 7.56. The first-order valence-corrected chi connectivity index (χ1v) is 7.56. The maximum atomic E-state index is 12.2. The van der Waals surface area contributed by atoms with E-state index in [4.69, 9.17) is 5.73 Å². The molecule has 3 amide bonds. The van der Waals surface area contributed by atoms with Crippen molar-refractivity contribution < 1.29 is 14.4 Å². The van der Waals surface area contributed by atoms with E-state index in [1.54, 1.807) is 24.3 Å². The zero-order chi connectivity index (χ0) is 15.7.